The second-order valence-electron chi connectivity index (χ2n) is 4.37. The first-order valence-corrected chi connectivity index (χ1v) is 7.86. The van der Waals surface area contributed by atoms with Crippen molar-refractivity contribution in [2.24, 2.45) is 0 Å². The Balaban J connectivity index is 1.79. The molecule has 1 aliphatic rings. The molecular weight excluding hydrogens is 192 g/mol. The largest absolute Gasteiger partial charge is 0.408 e. The fraction of sp³-hybridized carbons (Fsp3) is 1.00. The van der Waals surface area contributed by atoms with Crippen molar-refractivity contribution in [1.29, 1.82) is 0 Å². The lowest BCUT2D eigenvalue weighted by Gasteiger charge is -2.12. The molecule has 1 aliphatic heterocycles. The third-order valence-corrected chi connectivity index (χ3v) is 5.42. The summed E-state index contributed by atoms with van der Waals surface area (Å²) in [6.07, 6.45) is 4.04. The SMILES string of the molecule is CN(C)CCCNCO[SiH]1CCCC1. The van der Waals surface area contributed by atoms with Crippen LogP contribution in [0.2, 0.25) is 12.1 Å². The van der Waals surface area contributed by atoms with Gasteiger partial charge in [-0.3, -0.25) is 5.32 Å². The second-order valence-corrected chi connectivity index (χ2v) is 7.11. The van der Waals surface area contributed by atoms with Crippen molar-refractivity contribution >= 4 is 9.04 Å². The molecule has 0 saturated carbocycles. The molecule has 1 heterocycles. The van der Waals surface area contributed by atoms with E-state index in [1.807, 2.05) is 0 Å². The van der Waals surface area contributed by atoms with E-state index in [4.69, 9.17) is 4.43 Å². The highest BCUT2D eigenvalue weighted by Gasteiger charge is 2.16. The van der Waals surface area contributed by atoms with Gasteiger partial charge in [0.05, 0.1) is 6.73 Å². The van der Waals surface area contributed by atoms with Crippen molar-refractivity contribution in [3.05, 3.63) is 0 Å². The molecule has 0 bridgehead atoms. The van der Waals surface area contributed by atoms with Crippen molar-refractivity contribution in [3.8, 4) is 0 Å². The Kier molecular flexibility index (Phi) is 6.43. The lowest BCUT2D eigenvalue weighted by atomic mass is 10.4. The van der Waals surface area contributed by atoms with Gasteiger partial charge in [-0.05, 0) is 45.7 Å². The summed E-state index contributed by atoms with van der Waals surface area (Å²) in [6, 6.07) is 2.80. The zero-order valence-electron chi connectivity index (χ0n) is 9.59. The summed E-state index contributed by atoms with van der Waals surface area (Å²) < 4.78 is 5.82. The lowest BCUT2D eigenvalue weighted by Crippen LogP contribution is -2.27. The van der Waals surface area contributed by atoms with Crippen LogP contribution >= 0.6 is 0 Å². The van der Waals surface area contributed by atoms with Crippen molar-refractivity contribution in [1.82, 2.24) is 10.2 Å². The van der Waals surface area contributed by atoms with E-state index in [0.29, 0.717) is 0 Å². The fourth-order valence-electron chi connectivity index (χ4n) is 1.82. The molecule has 1 rings (SSSR count). The van der Waals surface area contributed by atoms with Crippen LogP contribution in [0.15, 0.2) is 0 Å². The van der Waals surface area contributed by atoms with Gasteiger partial charge in [-0.2, -0.15) is 0 Å². The first-order chi connectivity index (χ1) is 6.79. The highest BCUT2D eigenvalue weighted by Crippen LogP contribution is 2.19. The van der Waals surface area contributed by atoms with Crippen molar-refractivity contribution in [3.63, 3.8) is 0 Å². The minimum Gasteiger partial charge on any atom is -0.408 e. The number of hydrogen-bond donors (Lipinski definition) is 1. The van der Waals surface area contributed by atoms with Gasteiger partial charge in [-0.1, -0.05) is 12.8 Å². The Labute approximate surface area is 89.5 Å². The molecule has 0 unspecified atom stereocenters. The zero-order valence-corrected chi connectivity index (χ0v) is 10.7. The summed E-state index contributed by atoms with van der Waals surface area (Å²) in [5.41, 5.74) is 0. The van der Waals surface area contributed by atoms with Gasteiger partial charge in [0.15, 0.2) is 9.04 Å². The molecule has 84 valence electrons. The maximum absolute atomic E-state index is 5.82. The smallest absolute Gasteiger partial charge is 0.178 e. The molecule has 0 aromatic carbocycles. The van der Waals surface area contributed by atoms with Crippen LogP contribution in [0.5, 0.6) is 0 Å². The quantitative estimate of drug-likeness (QED) is 0.391. The van der Waals surface area contributed by atoms with E-state index < -0.39 is 9.04 Å². The Morgan fingerprint density at radius 3 is 2.64 bits per heavy atom. The maximum Gasteiger partial charge on any atom is 0.178 e. The van der Waals surface area contributed by atoms with Crippen LogP contribution in [0.3, 0.4) is 0 Å². The predicted octanol–water partition coefficient (Wildman–Crippen LogP) is 1.02. The van der Waals surface area contributed by atoms with Gasteiger partial charge in [0, 0.05) is 0 Å². The standard InChI is InChI=1S/C10H24N2OSi/c1-12(2)7-5-6-11-10-13-14-8-3-4-9-14/h11,14H,3-10H2,1-2H3. The predicted molar refractivity (Wildman–Crippen MR) is 63.1 cm³/mol. The number of hydrogen-bond acceptors (Lipinski definition) is 3. The van der Waals surface area contributed by atoms with E-state index in [0.717, 1.165) is 19.8 Å². The van der Waals surface area contributed by atoms with Crippen LogP contribution in [0, 0.1) is 0 Å². The Bertz CT molecular complexity index is 138. The summed E-state index contributed by atoms with van der Waals surface area (Å²) >= 11 is 0. The van der Waals surface area contributed by atoms with Crippen molar-refractivity contribution in [2.75, 3.05) is 33.9 Å². The first-order valence-electron chi connectivity index (χ1n) is 5.76. The van der Waals surface area contributed by atoms with Gasteiger partial charge >= 0.3 is 0 Å². The number of rotatable bonds is 7. The van der Waals surface area contributed by atoms with Crippen LogP contribution in [-0.2, 0) is 4.43 Å². The first kappa shape index (κ1) is 12.2. The van der Waals surface area contributed by atoms with Crippen molar-refractivity contribution < 1.29 is 4.43 Å². The average molecular weight is 216 g/mol. The minimum absolute atomic E-state index is 0.725. The minimum atomic E-state index is -0.725. The molecule has 4 heteroatoms. The molecule has 0 aromatic rings. The van der Waals surface area contributed by atoms with Gasteiger partial charge in [0.1, 0.15) is 0 Å². The van der Waals surface area contributed by atoms with E-state index >= 15 is 0 Å². The lowest BCUT2D eigenvalue weighted by molar-refractivity contribution is 0.281. The topological polar surface area (TPSA) is 24.5 Å². The highest BCUT2D eigenvalue weighted by atomic mass is 28.3. The molecule has 0 amide bonds. The maximum atomic E-state index is 5.82. The van der Waals surface area contributed by atoms with E-state index in [1.165, 1.54) is 31.4 Å². The second kappa shape index (κ2) is 7.40. The zero-order chi connectivity index (χ0) is 10.2. The van der Waals surface area contributed by atoms with E-state index in [9.17, 15) is 0 Å². The molecule has 0 spiro atoms. The van der Waals surface area contributed by atoms with E-state index in [2.05, 4.69) is 24.3 Å². The van der Waals surface area contributed by atoms with Crippen LogP contribution in [0.4, 0.5) is 0 Å². The summed E-state index contributed by atoms with van der Waals surface area (Å²) in [4.78, 5) is 2.22. The van der Waals surface area contributed by atoms with Crippen LogP contribution in [0.25, 0.3) is 0 Å². The van der Waals surface area contributed by atoms with Gasteiger partial charge in [-0.25, -0.2) is 0 Å². The molecule has 0 aromatic heterocycles. The van der Waals surface area contributed by atoms with Crippen LogP contribution in [-0.4, -0.2) is 47.9 Å². The van der Waals surface area contributed by atoms with E-state index in [-0.39, 0.29) is 0 Å². The molecule has 1 N–H and O–H groups in total. The van der Waals surface area contributed by atoms with Crippen LogP contribution in [0.1, 0.15) is 19.3 Å². The molecular formula is C10H24N2OSi. The normalized spacial score (nSPS) is 18.2. The molecule has 14 heavy (non-hydrogen) atoms. The Hall–Kier alpha value is 0.0969. The van der Waals surface area contributed by atoms with Gasteiger partial charge in [0.25, 0.3) is 0 Å². The number of nitrogens with one attached hydrogen (secondary N) is 1. The molecule has 0 radical (unpaired) electrons. The molecule has 0 aliphatic carbocycles. The number of nitrogens with zero attached hydrogens (tertiary/aromatic N) is 1. The van der Waals surface area contributed by atoms with E-state index in [1.54, 1.807) is 0 Å². The summed E-state index contributed by atoms with van der Waals surface area (Å²) in [5, 5.41) is 3.35. The Morgan fingerprint density at radius 2 is 2.00 bits per heavy atom. The molecule has 0 atom stereocenters. The fourth-order valence-corrected chi connectivity index (χ4v) is 4.29. The third-order valence-electron chi connectivity index (χ3n) is 2.68. The summed E-state index contributed by atoms with van der Waals surface area (Å²) in [7, 11) is 3.50. The molecule has 3 nitrogen and oxygen atoms in total. The van der Waals surface area contributed by atoms with Crippen LogP contribution < -0.4 is 5.32 Å². The summed E-state index contributed by atoms with van der Waals surface area (Å²) in [6.45, 7) is 3.04. The summed E-state index contributed by atoms with van der Waals surface area (Å²) in [5.74, 6) is 0. The average Bonchev–Trinajstić information content (AvgIpc) is 2.63. The van der Waals surface area contributed by atoms with Gasteiger partial charge in [0.2, 0.25) is 0 Å². The van der Waals surface area contributed by atoms with Gasteiger partial charge in [-0.15, -0.1) is 0 Å². The molecule has 1 saturated heterocycles. The van der Waals surface area contributed by atoms with Crippen molar-refractivity contribution in [2.45, 2.75) is 31.4 Å². The third kappa shape index (κ3) is 5.75. The van der Waals surface area contributed by atoms with Gasteiger partial charge < -0.3 is 9.33 Å². The molecule has 1 fully saturated rings. The Morgan fingerprint density at radius 1 is 1.29 bits per heavy atom. The highest BCUT2D eigenvalue weighted by molar-refractivity contribution is 6.52. The monoisotopic (exact) mass is 216 g/mol.